The second-order valence-electron chi connectivity index (χ2n) is 7.44. The molecule has 34 heavy (non-hydrogen) atoms. The first-order valence-electron chi connectivity index (χ1n) is 10.5. The van der Waals surface area contributed by atoms with Gasteiger partial charge in [-0.2, -0.15) is 0 Å². The molecule has 0 saturated heterocycles. The summed E-state index contributed by atoms with van der Waals surface area (Å²) in [6.45, 7) is 0.0467. The fourth-order valence-electron chi connectivity index (χ4n) is 3.75. The Kier molecular flexibility index (Phi) is 6.60. The van der Waals surface area contributed by atoms with E-state index in [1.165, 1.54) is 36.8 Å². The summed E-state index contributed by atoms with van der Waals surface area (Å²) < 4.78 is 19.6. The third kappa shape index (κ3) is 4.11. The van der Waals surface area contributed by atoms with Crippen molar-refractivity contribution in [2.45, 2.75) is 13.1 Å². The molecule has 0 bridgehead atoms. The number of rotatable bonds is 9. The van der Waals surface area contributed by atoms with Gasteiger partial charge in [-0.05, 0) is 24.3 Å². The number of nitrogens with zero attached hydrogens (tertiary/aromatic N) is 4. The highest BCUT2D eigenvalue weighted by atomic mass is 16.5. The Morgan fingerprint density at radius 2 is 1.79 bits per heavy atom. The number of ketones is 1. The highest BCUT2D eigenvalue weighted by Crippen LogP contribution is 2.23. The van der Waals surface area contributed by atoms with Crippen molar-refractivity contribution < 1.29 is 19.0 Å². The average Bonchev–Trinajstić information content (AvgIpc) is 3.27. The standard InChI is InChI=1S/C24H24N4O6/c1-32-12-11-27-23(30)21-22(28(24(27)31)18-9-4-5-10-20(18)34-3)25-15-26(21)14-19(29)16-7-6-8-17(13-16)33-2/h4-10,13,15H,11-12,14H2,1-3H3. The first-order valence-corrected chi connectivity index (χ1v) is 10.5. The van der Waals surface area contributed by atoms with Crippen molar-refractivity contribution in [1.29, 1.82) is 0 Å². The van der Waals surface area contributed by atoms with Crippen molar-refractivity contribution in [3.63, 3.8) is 0 Å². The quantitative estimate of drug-likeness (QED) is 0.348. The number of imidazole rings is 1. The van der Waals surface area contributed by atoms with Crippen molar-refractivity contribution >= 4 is 16.9 Å². The van der Waals surface area contributed by atoms with E-state index in [-0.39, 0.29) is 36.6 Å². The van der Waals surface area contributed by atoms with E-state index >= 15 is 0 Å². The Morgan fingerprint density at radius 1 is 1.00 bits per heavy atom. The molecule has 0 aliphatic heterocycles. The number of fused-ring (bicyclic) bond motifs is 1. The van der Waals surface area contributed by atoms with E-state index in [9.17, 15) is 14.4 Å². The van der Waals surface area contributed by atoms with E-state index in [1.807, 2.05) is 0 Å². The van der Waals surface area contributed by atoms with Crippen molar-refractivity contribution in [3.05, 3.63) is 81.3 Å². The van der Waals surface area contributed by atoms with Gasteiger partial charge in [0.15, 0.2) is 16.9 Å². The molecule has 0 amide bonds. The predicted octanol–water partition coefficient (Wildman–Crippen LogP) is 1.90. The van der Waals surface area contributed by atoms with Crippen LogP contribution in [0.4, 0.5) is 0 Å². The summed E-state index contributed by atoms with van der Waals surface area (Å²) in [6, 6.07) is 13.7. The molecular weight excluding hydrogens is 440 g/mol. The normalized spacial score (nSPS) is 11.0. The lowest BCUT2D eigenvalue weighted by atomic mass is 10.1. The van der Waals surface area contributed by atoms with Crippen molar-refractivity contribution in [3.8, 4) is 17.2 Å². The van der Waals surface area contributed by atoms with Gasteiger partial charge in [-0.25, -0.2) is 14.3 Å². The molecule has 4 rings (SSSR count). The summed E-state index contributed by atoms with van der Waals surface area (Å²) in [5.74, 6) is 0.745. The van der Waals surface area contributed by atoms with Crippen LogP contribution in [0.3, 0.4) is 0 Å². The van der Waals surface area contributed by atoms with Gasteiger partial charge in [-0.3, -0.25) is 14.2 Å². The third-order valence-corrected chi connectivity index (χ3v) is 5.45. The van der Waals surface area contributed by atoms with Crippen LogP contribution in [0.2, 0.25) is 0 Å². The van der Waals surface area contributed by atoms with Gasteiger partial charge in [0.05, 0.1) is 45.9 Å². The van der Waals surface area contributed by atoms with Crippen molar-refractivity contribution in [2.75, 3.05) is 27.9 Å². The molecule has 0 saturated carbocycles. The van der Waals surface area contributed by atoms with Crippen LogP contribution < -0.4 is 20.7 Å². The second kappa shape index (κ2) is 9.75. The number of methoxy groups -OCH3 is 3. The van der Waals surface area contributed by atoms with Crippen molar-refractivity contribution in [2.24, 2.45) is 0 Å². The van der Waals surface area contributed by atoms with Crippen LogP contribution in [0.25, 0.3) is 16.9 Å². The second-order valence-corrected chi connectivity index (χ2v) is 7.44. The minimum absolute atomic E-state index is 0.0360. The Balaban J connectivity index is 1.91. The molecule has 0 N–H and O–H groups in total. The lowest BCUT2D eigenvalue weighted by molar-refractivity contribution is 0.0973. The maximum Gasteiger partial charge on any atom is 0.337 e. The van der Waals surface area contributed by atoms with Crippen LogP contribution in [0.5, 0.6) is 11.5 Å². The van der Waals surface area contributed by atoms with E-state index in [0.717, 1.165) is 4.57 Å². The molecule has 0 unspecified atom stereocenters. The van der Waals surface area contributed by atoms with E-state index in [4.69, 9.17) is 14.2 Å². The molecule has 176 valence electrons. The number of hydrogen-bond donors (Lipinski definition) is 0. The third-order valence-electron chi connectivity index (χ3n) is 5.45. The molecule has 2 aromatic heterocycles. The molecule has 0 aliphatic rings. The summed E-state index contributed by atoms with van der Waals surface area (Å²) in [4.78, 5) is 44.1. The Bertz CT molecular complexity index is 1470. The van der Waals surface area contributed by atoms with Gasteiger partial charge in [-0.1, -0.05) is 24.3 Å². The monoisotopic (exact) mass is 464 g/mol. The van der Waals surface area contributed by atoms with Gasteiger partial charge in [0.2, 0.25) is 0 Å². The molecule has 4 aromatic rings. The molecule has 10 heteroatoms. The number of ether oxygens (including phenoxy) is 3. The maximum atomic E-state index is 13.4. The molecule has 0 fully saturated rings. The first-order chi connectivity index (χ1) is 16.5. The molecule has 0 spiro atoms. The first kappa shape index (κ1) is 23.0. The zero-order chi connectivity index (χ0) is 24.2. The van der Waals surface area contributed by atoms with E-state index in [1.54, 1.807) is 48.5 Å². The van der Waals surface area contributed by atoms with Crippen LogP contribution in [-0.2, 0) is 17.8 Å². The molecule has 0 radical (unpaired) electrons. The smallest absolute Gasteiger partial charge is 0.337 e. The number of aromatic nitrogens is 4. The van der Waals surface area contributed by atoms with E-state index < -0.39 is 11.2 Å². The Hall–Kier alpha value is -4.18. The zero-order valence-corrected chi connectivity index (χ0v) is 19.1. The fourth-order valence-corrected chi connectivity index (χ4v) is 3.75. The largest absolute Gasteiger partial charge is 0.497 e. The van der Waals surface area contributed by atoms with Crippen LogP contribution in [0, 0.1) is 0 Å². The van der Waals surface area contributed by atoms with Crippen LogP contribution >= 0.6 is 0 Å². The van der Waals surface area contributed by atoms with Gasteiger partial charge < -0.3 is 18.8 Å². The van der Waals surface area contributed by atoms with Gasteiger partial charge in [0.1, 0.15) is 11.5 Å². The Labute approximate surface area is 194 Å². The number of carbonyl (C=O) groups is 1. The van der Waals surface area contributed by atoms with Crippen LogP contribution in [-0.4, -0.2) is 52.4 Å². The minimum atomic E-state index is -0.580. The van der Waals surface area contributed by atoms with Gasteiger partial charge >= 0.3 is 5.69 Å². The SMILES string of the molecule is COCCn1c(=O)c2c(ncn2CC(=O)c2cccc(OC)c2)n(-c2ccccc2OC)c1=O. The van der Waals surface area contributed by atoms with Crippen molar-refractivity contribution in [1.82, 2.24) is 18.7 Å². The number of carbonyl (C=O) groups excluding carboxylic acids is 1. The van der Waals surface area contributed by atoms with E-state index in [2.05, 4.69) is 4.98 Å². The van der Waals surface area contributed by atoms with E-state index in [0.29, 0.717) is 22.7 Å². The topological polar surface area (TPSA) is 107 Å². The van der Waals surface area contributed by atoms with Gasteiger partial charge in [0, 0.05) is 12.7 Å². The zero-order valence-electron chi connectivity index (χ0n) is 19.1. The number of hydrogen-bond acceptors (Lipinski definition) is 7. The maximum absolute atomic E-state index is 13.4. The highest BCUT2D eigenvalue weighted by Gasteiger charge is 2.22. The molecule has 10 nitrogen and oxygen atoms in total. The summed E-state index contributed by atoms with van der Waals surface area (Å²) in [5, 5.41) is 0. The number of para-hydroxylation sites is 2. The summed E-state index contributed by atoms with van der Waals surface area (Å²) >= 11 is 0. The lowest BCUT2D eigenvalue weighted by Crippen LogP contribution is -2.41. The number of benzene rings is 2. The fraction of sp³-hybridized carbons (Fsp3) is 0.250. The lowest BCUT2D eigenvalue weighted by Gasteiger charge is -2.14. The average molecular weight is 464 g/mol. The summed E-state index contributed by atoms with van der Waals surface area (Å²) in [5.41, 5.74) is -0.0264. The molecule has 2 heterocycles. The highest BCUT2D eigenvalue weighted by molar-refractivity contribution is 5.96. The minimum Gasteiger partial charge on any atom is -0.497 e. The van der Waals surface area contributed by atoms with Gasteiger partial charge in [-0.15, -0.1) is 0 Å². The molecule has 2 aromatic carbocycles. The molecule has 0 atom stereocenters. The van der Waals surface area contributed by atoms with Gasteiger partial charge in [0.25, 0.3) is 5.56 Å². The summed E-state index contributed by atoms with van der Waals surface area (Å²) in [7, 11) is 4.50. The van der Waals surface area contributed by atoms with Crippen LogP contribution in [0.15, 0.2) is 64.4 Å². The molecule has 0 aliphatic carbocycles. The molecular formula is C24H24N4O6. The predicted molar refractivity (Wildman–Crippen MR) is 125 cm³/mol. The summed E-state index contributed by atoms with van der Waals surface area (Å²) in [6.07, 6.45) is 1.39. The number of Topliss-reactive ketones (excluding diaryl/α,β-unsaturated/α-hetero) is 1. The Morgan fingerprint density at radius 3 is 2.53 bits per heavy atom. The van der Waals surface area contributed by atoms with Crippen LogP contribution in [0.1, 0.15) is 10.4 Å².